The molecule has 0 unspecified atom stereocenters. The normalized spacial score (nSPS) is 29.7. The molecule has 1 spiro atoms. The monoisotopic (exact) mass is 426 g/mol. The van der Waals surface area contributed by atoms with E-state index in [0.717, 1.165) is 37.2 Å². The summed E-state index contributed by atoms with van der Waals surface area (Å²) in [5.74, 6) is 1.29. The molecule has 6 heteroatoms. The molecule has 2 aliphatic heterocycles. The summed E-state index contributed by atoms with van der Waals surface area (Å²) in [4.78, 5) is 40.3. The van der Waals surface area contributed by atoms with Gasteiger partial charge in [-0.05, 0) is 64.0 Å². The van der Waals surface area contributed by atoms with Gasteiger partial charge in [0.25, 0.3) is 0 Å². The van der Waals surface area contributed by atoms with Crippen molar-refractivity contribution in [3.63, 3.8) is 0 Å². The van der Waals surface area contributed by atoms with Crippen molar-refractivity contribution in [1.29, 1.82) is 0 Å². The van der Waals surface area contributed by atoms with Gasteiger partial charge in [0.1, 0.15) is 17.4 Å². The standard InChI is InChI=1S/C25H34N2O4/c1-16-4-7-19(8-5-16)26-24(30)18(3)27-13-12-25(11-10-23(27)29)15-21(28)20-14-17(2)6-9-22(20)31-25/h6,9,14,16,18-19H,4-5,7-8,10-13,15H2,1-3H3,(H,26,30)/t16?,18-,19?,25+/m0/s1. The maximum Gasteiger partial charge on any atom is 0.242 e. The summed E-state index contributed by atoms with van der Waals surface area (Å²) in [6.07, 6.45) is 5.90. The number of aryl methyl sites for hydroxylation is 1. The molecule has 1 aromatic rings. The van der Waals surface area contributed by atoms with E-state index in [9.17, 15) is 14.4 Å². The molecule has 4 rings (SSSR count). The van der Waals surface area contributed by atoms with E-state index in [-0.39, 0.29) is 36.5 Å². The molecule has 168 valence electrons. The highest BCUT2D eigenvalue weighted by atomic mass is 16.5. The number of nitrogens with zero attached hydrogens (tertiary/aromatic N) is 1. The average molecular weight is 427 g/mol. The maximum atomic E-state index is 12.9. The lowest BCUT2D eigenvalue weighted by Gasteiger charge is -2.37. The first kappa shape index (κ1) is 21.8. The summed E-state index contributed by atoms with van der Waals surface area (Å²) in [7, 11) is 0. The van der Waals surface area contributed by atoms with Gasteiger partial charge >= 0.3 is 0 Å². The Morgan fingerprint density at radius 2 is 1.94 bits per heavy atom. The molecule has 2 fully saturated rings. The number of hydrogen-bond acceptors (Lipinski definition) is 4. The van der Waals surface area contributed by atoms with Crippen molar-refractivity contribution in [3.8, 4) is 5.75 Å². The Labute approximate surface area is 184 Å². The van der Waals surface area contributed by atoms with Crippen molar-refractivity contribution in [2.24, 2.45) is 5.92 Å². The van der Waals surface area contributed by atoms with Crippen LogP contribution in [-0.4, -0.2) is 46.7 Å². The number of rotatable bonds is 3. The number of benzene rings is 1. The third-order valence-electron chi connectivity index (χ3n) is 7.38. The Morgan fingerprint density at radius 3 is 2.68 bits per heavy atom. The number of carbonyl (C=O) groups excluding carboxylic acids is 3. The molecule has 1 saturated carbocycles. The number of ketones is 1. The van der Waals surface area contributed by atoms with Crippen molar-refractivity contribution >= 4 is 17.6 Å². The first-order valence-electron chi connectivity index (χ1n) is 11.7. The fourth-order valence-electron chi connectivity index (χ4n) is 5.22. The van der Waals surface area contributed by atoms with Gasteiger partial charge in [0.15, 0.2) is 5.78 Å². The van der Waals surface area contributed by atoms with Crippen LogP contribution >= 0.6 is 0 Å². The van der Waals surface area contributed by atoms with Crippen LogP contribution in [0.3, 0.4) is 0 Å². The Bertz CT molecular complexity index is 874. The van der Waals surface area contributed by atoms with Gasteiger partial charge in [-0.25, -0.2) is 0 Å². The molecule has 2 amide bonds. The van der Waals surface area contributed by atoms with E-state index < -0.39 is 11.6 Å². The lowest BCUT2D eigenvalue weighted by atomic mass is 9.84. The molecule has 6 nitrogen and oxygen atoms in total. The van der Waals surface area contributed by atoms with Crippen LogP contribution in [0.2, 0.25) is 0 Å². The molecule has 2 atom stereocenters. The Balaban J connectivity index is 1.42. The van der Waals surface area contributed by atoms with Gasteiger partial charge in [-0.3, -0.25) is 14.4 Å². The largest absolute Gasteiger partial charge is 0.486 e. The van der Waals surface area contributed by atoms with Crippen LogP contribution in [-0.2, 0) is 9.59 Å². The van der Waals surface area contributed by atoms with E-state index in [2.05, 4.69) is 12.2 Å². The SMILES string of the molecule is Cc1ccc2c(c1)C(=O)C[C@]1(CCC(=O)N([C@@H](C)C(=O)NC3CCC(C)CC3)CC1)O2. The molecular formula is C25H34N2O4. The van der Waals surface area contributed by atoms with E-state index in [0.29, 0.717) is 30.7 Å². The van der Waals surface area contributed by atoms with Gasteiger partial charge in [-0.1, -0.05) is 18.6 Å². The third kappa shape index (κ3) is 4.63. The highest BCUT2D eigenvalue weighted by Crippen LogP contribution is 2.40. The quantitative estimate of drug-likeness (QED) is 0.798. The second-order valence-electron chi connectivity index (χ2n) is 9.86. The summed E-state index contributed by atoms with van der Waals surface area (Å²) >= 11 is 0. The Kier molecular flexibility index (Phi) is 6.09. The van der Waals surface area contributed by atoms with E-state index in [4.69, 9.17) is 4.74 Å². The molecule has 1 aromatic carbocycles. The molecule has 1 N–H and O–H groups in total. The minimum absolute atomic E-state index is 0.0393. The maximum absolute atomic E-state index is 12.9. The van der Waals surface area contributed by atoms with Gasteiger partial charge in [0.2, 0.25) is 11.8 Å². The zero-order valence-electron chi connectivity index (χ0n) is 18.9. The number of fused-ring (bicyclic) bond motifs is 1. The number of Topliss-reactive ketones (excluding diaryl/α,β-unsaturated/α-hetero) is 1. The number of likely N-dealkylation sites (tertiary alicyclic amines) is 1. The first-order chi connectivity index (χ1) is 14.8. The average Bonchev–Trinajstić information content (AvgIpc) is 2.89. The van der Waals surface area contributed by atoms with Crippen LogP contribution < -0.4 is 10.1 Å². The Morgan fingerprint density at radius 1 is 1.19 bits per heavy atom. The number of hydrogen-bond donors (Lipinski definition) is 1. The van der Waals surface area contributed by atoms with Crippen LogP contribution in [0, 0.1) is 12.8 Å². The number of nitrogens with one attached hydrogen (secondary N) is 1. The molecule has 0 aromatic heterocycles. The summed E-state index contributed by atoms with van der Waals surface area (Å²) in [6.45, 7) is 6.44. The van der Waals surface area contributed by atoms with E-state index in [1.807, 2.05) is 32.0 Å². The zero-order valence-corrected chi connectivity index (χ0v) is 18.9. The fraction of sp³-hybridized carbons (Fsp3) is 0.640. The predicted molar refractivity (Wildman–Crippen MR) is 118 cm³/mol. The van der Waals surface area contributed by atoms with Crippen molar-refractivity contribution < 1.29 is 19.1 Å². The van der Waals surface area contributed by atoms with Gasteiger partial charge in [0, 0.05) is 25.4 Å². The topological polar surface area (TPSA) is 75.7 Å². The van der Waals surface area contributed by atoms with E-state index >= 15 is 0 Å². The van der Waals surface area contributed by atoms with Crippen molar-refractivity contribution in [2.45, 2.75) is 89.8 Å². The van der Waals surface area contributed by atoms with Crippen LogP contribution in [0.15, 0.2) is 18.2 Å². The molecule has 2 heterocycles. The van der Waals surface area contributed by atoms with Gasteiger partial charge in [-0.2, -0.15) is 0 Å². The van der Waals surface area contributed by atoms with Crippen LogP contribution in [0.1, 0.15) is 81.1 Å². The minimum Gasteiger partial charge on any atom is -0.486 e. The van der Waals surface area contributed by atoms with E-state index in [1.54, 1.807) is 4.90 Å². The van der Waals surface area contributed by atoms with Gasteiger partial charge < -0.3 is 15.0 Å². The molecule has 0 bridgehead atoms. The van der Waals surface area contributed by atoms with Gasteiger partial charge in [-0.15, -0.1) is 0 Å². The zero-order chi connectivity index (χ0) is 22.2. The molecule has 31 heavy (non-hydrogen) atoms. The predicted octanol–water partition coefficient (Wildman–Crippen LogP) is 3.79. The second-order valence-corrected chi connectivity index (χ2v) is 9.86. The smallest absolute Gasteiger partial charge is 0.242 e. The third-order valence-corrected chi connectivity index (χ3v) is 7.38. The summed E-state index contributed by atoms with van der Waals surface area (Å²) in [5, 5.41) is 3.16. The van der Waals surface area contributed by atoms with Crippen LogP contribution in [0.4, 0.5) is 0 Å². The Hall–Kier alpha value is -2.37. The lowest BCUT2D eigenvalue weighted by Crippen LogP contribution is -2.51. The van der Waals surface area contributed by atoms with Crippen LogP contribution in [0.25, 0.3) is 0 Å². The van der Waals surface area contributed by atoms with Crippen molar-refractivity contribution in [1.82, 2.24) is 10.2 Å². The highest BCUT2D eigenvalue weighted by Gasteiger charge is 2.44. The summed E-state index contributed by atoms with van der Waals surface area (Å²) < 4.78 is 6.33. The lowest BCUT2D eigenvalue weighted by molar-refractivity contribution is -0.139. The van der Waals surface area contributed by atoms with Crippen LogP contribution in [0.5, 0.6) is 5.75 Å². The number of carbonyl (C=O) groups is 3. The second kappa shape index (κ2) is 8.64. The molecule has 0 radical (unpaired) electrons. The summed E-state index contributed by atoms with van der Waals surface area (Å²) in [5.41, 5.74) is 0.994. The molecular weight excluding hydrogens is 392 g/mol. The first-order valence-corrected chi connectivity index (χ1v) is 11.7. The molecule has 3 aliphatic rings. The number of ether oxygens (including phenoxy) is 1. The van der Waals surface area contributed by atoms with Gasteiger partial charge in [0.05, 0.1) is 12.0 Å². The van der Waals surface area contributed by atoms with Crippen molar-refractivity contribution in [3.05, 3.63) is 29.3 Å². The molecule has 1 saturated heterocycles. The van der Waals surface area contributed by atoms with Crippen molar-refractivity contribution in [2.75, 3.05) is 6.54 Å². The minimum atomic E-state index is -0.667. The molecule has 1 aliphatic carbocycles. The summed E-state index contributed by atoms with van der Waals surface area (Å²) in [6, 6.07) is 5.36. The fourth-order valence-corrected chi connectivity index (χ4v) is 5.22. The van der Waals surface area contributed by atoms with E-state index in [1.165, 1.54) is 0 Å². The number of amides is 2. The highest BCUT2D eigenvalue weighted by molar-refractivity contribution is 6.00.